The van der Waals surface area contributed by atoms with Gasteiger partial charge in [0.25, 0.3) is 0 Å². The van der Waals surface area contributed by atoms with Crippen LogP contribution in [-0.2, 0) is 6.54 Å². The predicted molar refractivity (Wildman–Crippen MR) is 79.0 cm³/mol. The summed E-state index contributed by atoms with van der Waals surface area (Å²) in [7, 11) is 3.24. The number of aromatic nitrogens is 1. The molecule has 6 heteroatoms. The maximum Gasteiger partial charge on any atom is 0.183 e. The van der Waals surface area contributed by atoms with Crippen LogP contribution in [-0.4, -0.2) is 25.0 Å². The number of nitrogens with zero attached hydrogens (tertiary/aromatic N) is 1. The summed E-state index contributed by atoms with van der Waals surface area (Å²) < 4.78 is 10.5. The quantitative estimate of drug-likeness (QED) is 0.829. The molecule has 2 rings (SSSR count). The van der Waals surface area contributed by atoms with Gasteiger partial charge >= 0.3 is 0 Å². The number of benzene rings is 1. The van der Waals surface area contributed by atoms with Crippen molar-refractivity contribution in [1.82, 2.24) is 4.98 Å². The van der Waals surface area contributed by atoms with Gasteiger partial charge in [0, 0.05) is 25.1 Å². The predicted octanol–water partition coefficient (Wildman–Crippen LogP) is 2.98. The number of anilines is 1. The molecule has 1 N–H and O–H groups in total. The van der Waals surface area contributed by atoms with Gasteiger partial charge in [0.2, 0.25) is 0 Å². The number of rotatable bonds is 6. The second-order valence-electron chi connectivity index (χ2n) is 4.12. The highest BCUT2D eigenvalue weighted by Gasteiger charge is 2.08. The maximum atomic E-state index is 11.2. The third-order valence-corrected chi connectivity index (χ3v) is 3.83. The molecule has 0 fully saturated rings. The van der Waals surface area contributed by atoms with E-state index in [2.05, 4.69) is 10.3 Å². The Morgan fingerprint density at radius 3 is 2.75 bits per heavy atom. The second kappa shape index (κ2) is 6.38. The Bertz CT molecular complexity index is 610. The monoisotopic (exact) mass is 292 g/mol. The van der Waals surface area contributed by atoms with Crippen molar-refractivity contribution in [2.45, 2.75) is 13.5 Å². The van der Waals surface area contributed by atoms with Crippen LogP contribution in [0.25, 0.3) is 0 Å². The van der Waals surface area contributed by atoms with Crippen LogP contribution < -0.4 is 14.8 Å². The van der Waals surface area contributed by atoms with Crippen molar-refractivity contribution in [2.24, 2.45) is 0 Å². The summed E-state index contributed by atoms with van der Waals surface area (Å²) in [5, 5.41) is 3.90. The lowest BCUT2D eigenvalue weighted by Crippen LogP contribution is -2.01. The van der Waals surface area contributed by atoms with E-state index < -0.39 is 0 Å². The van der Waals surface area contributed by atoms with Crippen molar-refractivity contribution in [3.8, 4) is 11.5 Å². The van der Waals surface area contributed by atoms with Crippen LogP contribution in [0.2, 0.25) is 0 Å². The van der Waals surface area contributed by atoms with Crippen molar-refractivity contribution in [3.05, 3.63) is 34.8 Å². The molecular weight excluding hydrogens is 276 g/mol. The fraction of sp³-hybridized carbons (Fsp3) is 0.286. The van der Waals surface area contributed by atoms with E-state index in [0.29, 0.717) is 16.6 Å². The van der Waals surface area contributed by atoms with E-state index in [0.717, 1.165) is 17.1 Å². The lowest BCUT2D eigenvalue weighted by atomic mass is 10.2. The van der Waals surface area contributed by atoms with Crippen molar-refractivity contribution < 1.29 is 14.3 Å². The molecule has 1 aromatic carbocycles. The molecule has 0 bridgehead atoms. The van der Waals surface area contributed by atoms with E-state index in [-0.39, 0.29) is 5.78 Å². The first kappa shape index (κ1) is 14.3. The molecule has 20 heavy (non-hydrogen) atoms. The van der Waals surface area contributed by atoms with E-state index in [4.69, 9.17) is 9.47 Å². The van der Waals surface area contributed by atoms with E-state index in [1.165, 1.54) is 18.3 Å². The van der Waals surface area contributed by atoms with Crippen LogP contribution >= 0.6 is 11.3 Å². The first-order valence-corrected chi connectivity index (χ1v) is 6.87. The van der Waals surface area contributed by atoms with Crippen molar-refractivity contribution in [2.75, 3.05) is 19.5 Å². The summed E-state index contributed by atoms with van der Waals surface area (Å²) in [5.41, 5.74) is 0.993. The Morgan fingerprint density at radius 1 is 1.35 bits per heavy atom. The summed E-state index contributed by atoms with van der Waals surface area (Å²) in [4.78, 5) is 16.0. The molecule has 1 aromatic heterocycles. The smallest absolute Gasteiger partial charge is 0.183 e. The fourth-order valence-corrected chi connectivity index (χ4v) is 2.39. The van der Waals surface area contributed by atoms with Gasteiger partial charge in [-0.2, -0.15) is 0 Å². The zero-order valence-electron chi connectivity index (χ0n) is 11.6. The lowest BCUT2D eigenvalue weighted by molar-refractivity contribution is 0.102. The van der Waals surface area contributed by atoms with Gasteiger partial charge in [-0.05, 0) is 12.1 Å². The standard InChI is InChI=1S/C14H16N2O3S/c1-9(17)13-8-16-14(20-13)15-7-10-4-5-11(18-2)6-12(10)19-3/h4-6,8H,7H2,1-3H3,(H,15,16). The molecule has 0 aliphatic heterocycles. The van der Waals surface area contributed by atoms with Gasteiger partial charge in [-0.1, -0.05) is 11.3 Å². The number of methoxy groups -OCH3 is 2. The minimum absolute atomic E-state index is 0.0255. The summed E-state index contributed by atoms with van der Waals surface area (Å²) in [5.74, 6) is 1.52. The van der Waals surface area contributed by atoms with Gasteiger partial charge in [0.1, 0.15) is 11.5 Å². The second-order valence-corrected chi connectivity index (χ2v) is 5.15. The van der Waals surface area contributed by atoms with Gasteiger partial charge < -0.3 is 14.8 Å². The fourth-order valence-electron chi connectivity index (χ4n) is 1.69. The van der Waals surface area contributed by atoms with Gasteiger partial charge in [-0.25, -0.2) is 4.98 Å². The molecule has 0 amide bonds. The number of hydrogen-bond acceptors (Lipinski definition) is 6. The average Bonchev–Trinajstić information content (AvgIpc) is 2.94. The Balaban J connectivity index is 2.07. The molecule has 0 unspecified atom stereocenters. The SMILES string of the molecule is COc1ccc(CNc2ncc(C(C)=O)s2)c(OC)c1. The normalized spacial score (nSPS) is 10.2. The Hall–Kier alpha value is -2.08. The number of carbonyl (C=O) groups is 1. The molecule has 2 aromatic rings. The molecule has 5 nitrogen and oxygen atoms in total. The van der Waals surface area contributed by atoms with Gasteiger partial charge in [0.15, 0.2) is 10.9 Å². The molecule has 0 aliphatic carbocycles. The van der Waals surface area contributed by atoms with E-state index in [1.807, 2.05) is 18.2 Å². The van der Waals surface area contributed by atoms with Gasteiger partial charge in [-0.3, -0.25) is 4.79 Å². The topological polar surface area (TPSA) is 60.5 Å². The van der Waals surface area contributed by atoms with Gasteiger partial charge in [0.05, 0.1) is 25.3 Å². The van der Waals surface area contributed by atoms with Crippen LogP contribution in [0, 0.1) is 0 Å². The van der Waals surface area contributed by atoms with Crippen molar-refractivity contribution >= 4 is 22.3 Å². The molecule has 0 spiro atoms. The minimum Gasteiger partial charge on any atom is -0.497 e. The number of thiazole rings is 1. The Morgan fingerprint density at radius 2 is 2.15 bits per heavy atom. The molecule has 0 atom stereocenters. The number of ketones is 1. The zero-order valence-corrected chi connectivity index (χ0v) is 12.4. The largest absolute Gasteiger partial charge is 0.497 e. The van der Waals surface area contributed by atoms with E-state index in [9.17, 15) is 4.79 Å². The summed E-state index contributed by atoms with van der Waals surface area (Å²) in [6, 6.07) is 5.65. The minimum atomic E-state index is 0.0255. The van der Waals surface area contributed by atoms with Crippen LogP contribution in [0.15, 0.2) is 24.4 Å². The molecule has 0 saturated carbocycles. The molecule has 0 radical (unpaired) electrons. The highest BCUT2D eigenvalue weighted by Crippen LogP contribution is 2.26. The van der Waals surface area contributed by atoms with Crippen LogP contribution in [0.1, 0.15) is 22.2 Å². The molecule has 1 heterocycles. The lowest BCUT2D eigenvalue weighted by Gasteiger charge is -2.10. The number of Topliss-reactive ketones (excluding diaryl/α,β-unsaturated/α-hetero) is 1. The van der Waals surface area contributed by atoms with Gasteiger partial charge in [-0.15, -0.1) is 0 Å². The highest BCUT2D eigenvalue weighted by atomic mass is 32.1. The highest BCUT2D eigenvalue weighted by molar-refractivity contribution is 7.17. The zero-order chi connectivity index (χ0) is 14.5. The van der Waals surface area contributed by atoms with Crippen molar-refractivity contribution in [1.29, 1.82) is 0 Å². The third-order valence-electron chi connectivity index (χ3n) is 2.78. The number of carbonyl (C=O) groups excluding carboxylic acids is 1. The molecule has 106 valence electrons. The van der Waals surface area contributed by atoms with E-state index >= 15 is 0 Å². The number of hydrogen-bond donors (Lipinski definition) is 1. The van der Waals surface area contributed by atoms with E-state index in [1.54, 1.807) is 20.4 Å². The summed E-state index contributed by atoms with van der Waals surface area (Å²) in [6.45, 7) is 2.10. The van der Waals surface area contributed by atoms with Crippen LogP contribution in [0.3, 0.4) is 0 Å². The Labute approximate surface area is 121 Å². The number of ether oxygens (including phenoxy) is 2. The summed E-state index contributed by atoms with van der Waals surface area (Å²) >= 11 is 1.34. The molecule has 0 saturated heterocycles. The summed E-state index contributed by atoms with van der Waals surface area (Å²) in [6.07, 6.45) is 1.58. The third kappa shape index (κ3) is 3.27. The molecule has 0 aliphatic rings. The molecular formula is C14H16N2O3S. The Kier molecular flexibility index (Phi) is 4.57. The first-order valence-electron chi connectivity index (χ1n) is 6.05. The van der Waals surface area contributed by atoms with Crippen LogP contribution in [0.5, 0.6) is 11.5 Å². The number of nitrogens with one attached hydrogen (secondary N) is 1. The maximum absolute atomic E-state index is 11.2. The first-order chi connectivity index (χ1) is 9.63. The van der Waals surface area contributed by atoms with Crippen molar-refractivity contribution in [3.63, 3.8) is 0 Å². The average molecular weight is 292 g/mol. The van der Waals surface area contributed by atoms with Crippen LogP contribution in [0.4, 0.5) is 5.13 Å².